The second kappa shape index (κ2) is 9.43. The van der Waals surface area contributed by atoms with Crippen molar-refractivity contribution in [1.29, 1.82) is 0 Å². The average molecular weight is 496 g/mol. The standard InChI is InChI=1S/C27H23ClFNO5/c1-14-10-15(2)26(35-4)19(11-14)24(31)22-23(16-6-5-7-18(12-16)34-3)30(27(33)25(22)32)17-8-9-21(29)20(28)13-17/h5-13,23,31H,1-4H3/b24-22+. The summed E-state index contributed by atoms with van der Waals surface area (Å²) in [7, 11) is 2.96. The van der Waals surface area contributed by atoms with E-state index in [1.54, 1.807) is 30.3 Å². The van der Waals surface area contributed by atoms with Crippen molar-refractivity contribution in [3.8, 4) is 11.5 Å². The molecule has 1 aliphatic rings. The van der Waals surface area contributed by atoms with E-state index in [-0.39, 0.29) is 27.6 Å². The van der Waals surface area contributed by atoms with E-state index in [2.05, 4.69) is 0 Å². The Labute approximate surface area is 207 Å². The van der Waals surface area contributed by atoms with Gasteiger partial charge in [-0.3, -0.25) is 14.5 Å². The van der Waals surface area contributed by atoms with Crippen molar-refractivity contribution in [3.05, 3.63) is 93.3 Å². The summed E-state index contributed by atoms with van der Waals surface area (Å²) in [6.45, 7) is 3.67. The zero-order chi connectivity index (χ0) is 25.4. The summed E-state index contributed by atoms with van der Waals surface area (Å²) in [5.74, 6) is -1.94. The lowest BCUT2D eigenvalue weighted by Gasteiger charge is -2.26. The number of ether oxygens (including phenoxy) is 2. The van der Waals surface area contributed by atoms with E-state index in [1.165, 1.54) is 31.3 Å². The zero-order valence-corrected chi connectivity index (χ0v) is 20.3. The minimum atomic E-state index is -1.03. The highest BCUT2D eigenvalue weighted by Crippen LogP contribution is 2.45. The summed E-state index contributed by atoms with van der Waals surface area (Å²) in [5, 5.41) is 11.3. The minimum Gasteiger partial charge on any atom is -0.507 e. The van der Waals surface area contributed by atoms with Crippen LogP contribution < -0.4 is 14.4 Å². The first-order valence-corrected chi connectivity index (χ1v) is 11.1. The van der Waals surface area contributed by atoms with Gasteiger partial charge in [0.05, 0.1) is 36.4 Å². The summed E-state index contributed by atoms with van der Waals surface area (Å²) >= 11 is 5.99. The molecule has 1 saturated heterocycles. The molecule has 1 aliphatic heterocycles. The Hall–Kier alpha value is -3.84. The Morgan fingerprint density at radius 2 is 1.77 bits per heavy atom. The van der Waals surface area contributed by atoms with Crippen LogP contribution in [-0.4, -0.2) is 31.0 Å². The number of aliphatic hydroxyl groups is 1. The number of halogens is 2. The van der Waals surface area contributed by atoms with E-state index in [1.807, 2.05) is 19.9 Å². The van der Waals surface area contributed by atoms with E-state index >= 15 is 0 Å². The molecule has 0 saturated carbocycles. The largest absolute Gasteiger partial charge is 0.507 e. The van der Waals surface area contributed by atoms with Gasteiger partial charge in [-0.1, -0.05) is 29.8 Å². The van der Waals surface area contributed by atoms with Crippen molar-refractivity contribution < 1.29 is 28.6 Å². The Balaban J connectivity index is 2.03. The van der Waals surface area contributed by atoms with Gasteiger partial charge in [0.1, 0.15) is 23.1 Å². The lowest BCUT2D eigenvalue weighted by Crippen LogP contribution is -2.29. The fourth-order valence-electron chi connectivity index (χ4n) is 4.41. The molecule has 0 aliphatic carbocycles. The maximum atomic E-state index is 13.9. The monoisotopic (exact) mass is 495 g/mol. The van der Waals surface area contributed by atoms with Crippen molar-refractivity contribution in [3.63, 3.8) is 0 Å². The van der Waals surface area contributed by atoms with Crippen LogP contribution in [0.15, 0.2) is 60.2 Å². The van der Waals surface area contributed by atoms with Gasteiger partial charge < -0.3 is 14.6 Å². The molecule has 0 radical (unpaired) electrons. The quantitative estimate of drug-likeness (QED) is 0.277. The predicted octanol–water partition coefficient (Wildman–Crippen LogP) is 5.74. The minimum absolute atomic E-state index is 0.132. The number of hydrogen-bond acceptors (Lipinski definition) is 5. The highest BCUT2D eigenvalue weighted by atomic mass is 35.5. The third-order valence-electron chi connectivity index (χ3n) is 5.91. The summed E-state index contributed by atoms with van der Waals surface area (Å²) in [4.78, 5) is 27.9. The first-order chi connectivity index (χ1) is 16.7. The molecule has 1 heterocycles. The molecule has 4 rings (SSSR count). The second-order valence-corrected chi connectivity index (χ2v) is 8.61. The Morgan fingerprint density at radius 3 is 2.43 bits per heavy atom. The number of rotatable bonds is 5. The normalized spacial score (nSPS) is 17.1. The summed E-state index contributed by atoms with van der Waals surface area (Å²) < 4.78 is 24.7. The number of hydrogen-bond donors (Lipinski definition) is 1. The van der Waals surface area contributed by atoms with Crippen LogP contribution in [0.5, 0.6) is 11.5 Å². The molecule has 0 spiro atoms. The fourth-order valence-corrected chi connectivity index (χ4v) is 4.58. The van der Waals surface area contributed by atoms with Crippen molar-refractivity contribution in [2.75, 3.05) is 19.1 Å². The van der Waals surface area contributed by atoms with E-state index in [9.17, 15) is 19.1 Å². The number of Topliss-reactive ketones (excluding diaryl/α,β-unsaturated/α-hetero) is 1. The van der Waals surface area contributed by atoms with Crippen LogP contribution in [0.4, 0.5) is 10.1 Å². The van der Waals surface area contributed by atoms with E-state index in [0.717, 1.165) is 17.2 Å². The molecular formula is C27H23ClFNO5. The first-order valence-electron chi connectivity index (χ1n) is 10.7. The van der Waals surface area contributed by atoms with Crippen LogP contribution in [0.2, 0.25) is 5.02 Å². The maximum Gasteiger partial charge on any atom is 0.300 e. The van der Waals surface area contributed by atoms with Gasteiger partial charge >= 0.3 is 0 Å². The Bertz CT molecular complexity index is 1380. The van der Waals surface area contributed by atoms with Gasteiger partial charge in [-0.15, -0.1) is 0 Å². The second-order valence-electron chi connectivity index (χ2n) is 8.21. The number of benzene rings is 3. The maximum absolute atomic E-state index is 13.9. The lowest BCUT2D eigenvalue weighted by molar-refractivity contribution is -0.132. The lowest BCUT2D eigenvalue weighted by atomic mass is 9.93. The van der Waals surface area contributed by atoms with E-state index < -0.39 is 23.5 Å². The molecule has 8 heteroatoms. The molecule has 1 atom stereocenters. The molecule has 3 aromatic carbocycles. The van der Waals surface area contributed by atoms with Gasteiger partial charge in [0.25, 0.3) is 11.7 Å². The van der Waals surface area contributed by atoms with Crippen LogP contribution in [0.25, 0.3) is 5.76 Å². The van der Waals surface area contributed by atoms with Crippen molar-refractivity contribution in [1.82, 2.24) is 0 Å². The van der Waals surface area contributed by atoms with Crippen molar-refractivity contribution in [2.45, 2.75) is 19.9 Å². The molecule has 6 nitrogen and oxygen atoms in total. The van der Waals surface area contributed by atoms with E-state index in [0.29, 0.717) is 17.1 Å². The molecule has 1 N–H and O–H groups in total. The van der Waals surface area contributed by atoms with Gasteiger partial charge in [0.2, 0.25) is 0 Å². The molecule has 1 amide bonds. The van der Waals surface area contributed by atoms with Crippen molar-refractivity contribution in [2.24, 2.45) is 0 Å². The Kier molecular flexibility index (Phi) is 6.54. The van der Waals surface area contributed by atoms with Gasteiger partial charge in [0, 0.05) is 5.69 Å². The third-order valence-corrected chi connectivity index (χ3v) is 6.20. The first kappa shape index (κ1) is 24.3. The van der Waals surface area contributed by atoms with Gasteiger partial charge in [-0.25, -0.2) is 4.39 Å². The topological polar surface area (TPSA) is 76.1 Å². The molecule has 1 fully saturated rings. The number of nitrogens with zero attached hydrogens (tertiary/aromatic N) is 1. The summed E-state index contributed by atoms with van der Waals surface area (Å²) in [6, 6.07) is 13.1. The molecule has 1 unspecified atom stereocenters. The smallest absolute Gasteiger partial charge is 0.300 e. The molecule has 180 valence electrons. The zero-order valence-electron chi connectivity index (χ0n) is 19.6. The fraction of sp³-hybridized carbons (Fsp3) is 0.185. The average Bonchev–Trinajstić information content (AvgIpc) is 3.10. The third kappa shape index (κ3) is 4.23. The molecular weight excluding hydrogens is 473 g/mol. The van der Waals surface area contributed by atoms with Crippen molar-refractivity contribution >= 4 is 34.7 Å². The number of methoxy groups -OCH3 is 2. The number of amides is 1. The van der Waals surface area contributed by atoms with Gasteiger partial charge in [-0.05, 0) is 66.9 Å². The molecule has 0 aromatic heterocycles. The van der Waals surface area contributed by atoms with Crippen LogP contribution in [0, 0.1) is 19.7 Å². The highest BCUT2D eigenvalue weighted by molar-refractivity contribution is 6.52. The number of ketones is 1. The number of carbonyl (C=O) groups is 2. The van der Waals surface area contributed by atoms with Crippen LogP contribution in [0.1, 0.15) is 28.3 Å². The predicted molar refractivity (Wildman–Crippen MR) is 132 cm³/mol. The number of anilines is 1. The number of aliphatic hydroxyl groups excluding tert-OH is 1. The molecule has 0 bridgehead atoms. The van der Waals surface area contributed by atoms with E-state index in [4.69, 9.17) is 21.1 Å². The molecule has 35 heavy (non-hydrogen) atoms. The van der Waals surface area contributed by atoms with Crippen LogP contribution in [-0.2, 0) is 9.59 Å². The summed E-state index contributed by atoms with van der Waals surface area (Å²) in [6.07, 6.45) is 0. The Morgan fingerprint density at radius 1 is 1.03 bits per heavy atom. The SMILES string of the molecule is COc1cccc(C2/C(=C(\O)c3cc(C)cc(C)c3OC)C(=O)C(=O)N2c2ccc(F)c(Cl)c2)c1. The number of carbonyl (C=O) groups excluding carboxylic acids is 2. The van der Waals surface area contributed by atoms with Crippen LogP contribution >= 0.6 is 11.6 Å². The van der Waals surface area contributed by atoms with Crippen LogP contribution in [0.3, 0.4) is 0 Å². The van der Waals surface area contributed by atoms with Gasteiger partial charge in [-0.2, -0.15) is 0 Å². The molecule has 3 aromatic rings. The van der Waals surface area contributed by atoms with Gasteiger partial charge in [0.15, 0.2) is 0 Å². The summed E-state index contributed by atoms with van der Waals surface area (Å²) in [5.41, 5.74) is 2.46. The highest BCUT2D eigenvalue weighted by Gasteiger charge is 2.47. The number of aryl methyl sites for hydroxylation is 2.